The van der Waals surface area contributed by atoms with Crippen LogP contribution in [-0.2, 0) is 6.42 Å². The van der Waals surface area contributed by atoms with E-state index in [1.165, 1.54) is 12.1 Å². The van der Waals surface area contributed by atoms with Gasteiger partial charge in [0, 0.05) is 29.1 Å². The first-order valence-corrected chi connectivity index (χ1v) is 10.3. The smallest absolute Gasteiger partial charge is 0.164 e. The topological polar surface area (TPSA) is 51.6 Å². The summed E-state index contributed by atoms with van der Waals surface area (Å²) in [5.74, 6) is 1.20. The number of benzene rings is 3. The maximum Gasteiger partial charge on any atom is 0.164 e. The van der Waals surface area contributed by atoms with Crippen molar-refractivity contribution in [1.29, 1.82) is 0 Å². The first kappa shape index (κ1) is 19.7. The van der Waals surface area contributed by atoms with E-state index in [0.29, 0.717) is 29.5 Å². The van der Waals surface area contributed by atoms with Crippen LogP contribution in [0.25, 0.3) is 34.2 Å². The van der Waals surface area contributed by atoms with Crippen LogP contribution < -0.4 is 0 Å². The zero-order valence-electron chi connectivity index (χ0n) is 17.2. The second-order valence-corrected chi connectivity index (χ2v) is 7.38. The van der Waals surface area contributed by atoms with E-state index >= 15 is 0 Å². The van der Waals surface area contributed by atoms with Gasteiger partial charge in [-0.15, -0.1) is 0 Å². The SMILES string of the molecule is Fc1ccc(Cc2cccnc2)c(-c2nc(-c3ccccc3)nc(-c3ccccc3)n2)c1. The van der Waals surface area contributed by atoms with Crippen LogP contribution in [0.5, 0.6) is 0 Å². The van der Waals surface area contributed by atoms with Crippen molar-refractivity contribution in [2.45, 2.75) is 6.42 Å². The molecule has 154 valence electrons. The average molecular weight is 418 g/mol. The Bertz CT molecular complexity index is 1280. The Morgan fingerprint density at radius 3 is 1.84 bits per heavy atom. The number of rotatable bonds is 5. The van der Waals surface area contributed by atoms with Crippen molar-refractivity contribution in [1.82, 2.24) is 19.9 Å². The lowest BCUT2D eigenvalue weighted by molar-refractivity contribution is 0.627. The number of halogens is 1. The highest BCUT2D eigenvalue weighted by molar-refractivity contribution is 5.68. The van der Waals surface area contributed by atoms with E-state index in [1.807, 2.05) is 79.0 Å². The van der Waals surface area contributed by atoms with Crippen molar-refractivity contribution in [3.05, 3.63) is 120 Å². The van der Waals surface area contributed by atoms with Gasteiger partial charge in [-0.25, -0.2) is 19.3 Å². The Morgan fingerprint density at radius 1 is 0.625 bits per heavy atom. The minimum atomic E-state index is -0.335. The van der Waals surface area contributed by atoms with E-state index in [-0.39, 0.29) is 5.82 Å². The summed E-state index contributed by atoms with van der Waals surface area (Å²) < 4.78 is 14.3. The van der Waals surface area contributed by atoms with Crippen molar-refractivity contribution >= 4 is 0 Å². The molecule has 0 N–H and O–H groups in total. The van der Waals surface area contributed by atoms with Crippen LogP contribution in [0.1, 0.15) is 11.1 Å². The van der Waals surface area contributed by atoms with E-state index in [0.717, 1.165) is 22.3 Å². The molecule has 5 rings (SSSR count). The molecule has 5 heteroatoms. The fraction of sp³-hybridized carbons (Fsp3) is 0.0370. The highest BCUT2D eigenvalue weighted by Gasteiger charge is 2.15. The fourth-order valence-electron chi connectivity index (χ4n) is 3.56. The average Bonchev–Trinajstić information content (AvgIpc) is 2.86. The largest absolute Gasteiger partial charge is 0.264 e. The lowest BCUT2D eigenvalue weighted by Crippen LogP contribution is -2.03. The minimum absolute atomic E-state index is 0.335. The fourth-order valence-corrected chi connectivity index (χ4v) is 3.56. The predicted molar refractivity (Wildman–Crippen MR) is 123 cm³/mol. The molecule has 0 aliphatic heterocycles. The standard InChI is InChI=1S/C27H19FN4/c28-23-14-13-22(16-19-8-7-15-29-18-19)24(17-23)27-31-25(20-9-3-1-4-10-20)30-26(32-27)21-11-5-2-6-12-21/h1-15,17-18H,16H2. The van der Waals surface area contributed by atoms with Gasteiger partial charge in [-0.3, -0.25) is 4.98 Å². The predicted octanol–water partition coefficient (Wildman–Crippen LogP) is 6.00. The van der Waals surface area contributed by atoms with Crippen LogP contribution in [-0.4, -0.2) is 19.9 Å². The molecule has 0 radical (unpaired) electrons. The maximum atomic E-state index is 14.3. The Morgan fingerprint density at radius 2 is 1.25 bits per heavy atom. The van der Waals surface area contributed by atoms with Gasteiger partial charge in [0.2, 0.25) is 0 Å². The third-order valence-electron chi connectivity index (χ3n) is 5.13. The van der Waals surface area contributed by atoms with E-state index in [9.17, 15) is 4.39 Å². The molecule has 32 heavy (non-hydrogen) atoms. The minimum Gasteiger partial charge on any atom is -0.264 e. The molecule has 3 aromatic carbocycles. The monoisotopic (exact) mass is 418 g/mol. The molecule has 5 aromatic rings. The molecule has 0 aliphatic rings. The molecule has 0 saturated heterocycles. The third kappa shape index (κ3) is 4.27. The summed E-state index contributed by atoms with van der Waals surface area (Å²) in [5.41, 5.74) is 4.34. The molecule has 0 aliphatic carbocycles. The Kier molecular flexibility index (Phi) is 5.45. The zero-order valence-corrected chi connectivity index (χ0v) is 17.2. The zero-order chi connectivity index (χ0) is 21.8. The van der Waals surface area contributed by atoms with Gasteiger partial charge in [0.15, 0.2) is 17.5 Å². The maximum absolute atomic E-state index is 14.3. The molecule has 0 unspecified atom stereocenters. The Balaban J connectivity index is 1.69. The number of nitrogens with zero attached hydrogens (tertiary/aromatic N) is 4. The van der Waals surface area contributed by atoms with Gasteiger partial charge < -0.3 is 0 Å². The van der Waals surface area contributed by atoms with Crippen LogP contribution in [0.15, 0.2) is 103 Å². The molecule has 0 fully saturated rings. The number of aromatic nitrogens is 4. The summed E-state index contributed by atoms with van der Waals surface area (Å²) in [5, 5.41) is 0. The van der Waals surface area contributed by atoms with Crippen LogP contribution in [0.2, 0.25) is 0 Å². The Labute approximate surface area is 185 Å². The van der Waals surface area contributed by atoms with Gasteiger partial charge >= 0.3 is 0 Å². The molecule has 2 aromatic heterocycles. The quantitative estimate of drug-likeness (QED) is 0.351. The van der Waals surface area contributed by atoms with E-state index in [4.69, 9.17) is 15.0 Å². The second-order valence-electron chi connectivity index (χ2n) is 7.38. The second kappa shape index (κ2) is 8.86. The van der Waals surface area contributed by atoms with Gasteiger partial charge in [0.05, 0.1) is 0 Å². The van der Waals surface area contributed by atoms with Gasteiger partial charge in [0.1, 0.15) is 5.82 Å². The Hall–Kier alpha value is -4.25. The van der Waals surface area contributed by atoms with Crippen molar-refractivity contribution in [3.63, 3.8) is 0 Å². The van der Waals surface area contributed by atoms with E-state index in [2.05, 4.69) is 4.98 Å². The van der Waals surface area contributed by atoms with E-state index < -0.39 is 0 Å². The molecule has 0 bridgehead atoms. The summed E-state index contributed by atoms with van der Waals surface area (Å²) in [6, 6.07) is 28.1. The lowest BCUT2D eigenvalue weighted by Gasteiger charge is -2.12. The summed E-state index contributed by atoms with van der Waals surface area (Å²) in [6.07, 6.45) is 4.14. The van der Waals surface area contributed by atoms with Crippen molar-refractivity contribution in [2.75, 3.05) is 0 Å². The first-order valence-electron chi connectivity index (χ1n) is 10.3. The van der Waals surface area contributed by atoms with Gasteiger partial charge in [-0.1, -0.05) is 72.8 Å². The van der Waals surface area contributed by atoms with Crippen LogP contribution in [0, 0.1) is 5.82 Å². The summed E-state index contributed by atoms with van der Waals surface area (Å²) >= 11 is 0. The summed E-state index contributed by atoms with van der Waals surface area (Å²) in [7, 11) is 0. The highest BCUT2D eigenvalue weighted by Crippen LogP contribution is 2.28. The molecule has 0 atom stereocenters. The van der Waals surface area contributed by atoms with Gasteiger partial charge in [-0.05, 0) is 35.7 Å². The van der Waals surface area contributed by atoms with Crippen molar-refractivity contribution in [3.8, 4) is 34.2 Å². The molecule has 0 spiro atoms. The van der Waals surface area contributed by atoms with Crippen LogP contribution in [0.4, 0.5) is 4.39 Å². The van der Waals surface area contributed by atoms with Gasteiger partial charge in [0.25, 0.3) is 0 Å². The third-order valence-corrected chi connectivity index (χ3v) is 5.13. The molecule has 0 saturated carbocycles. The molecular weight excluding hydrogens is 399 g/mol. The number of hydrogen-bond acceptors (Lipinski definition) is 4. The molecular formula is C27H19FN4. The van der Waals surface area contributed by atoms with Crippen LogP contribution >= 0.6 is 0 Å². The number of hydrogen-bond donors (Lipinski definition) is 0. The number of pyridine rings is 1. The summed E-state index contributed by atoms with van der Waals surface area (Å²) in [6.45, 7) is 0. The molecule has 0 amide bonds. The van der Waals surface area contributed by atoms with Crippen LogP contribution in [0.3, 0.4) is 0 Å². The lowest BCUT2D eigenvalue weighted by atomic mass is 10.00. The van der Waals surface area contributed by atoms with Crippen molar-refractivity contribution in [2.24, 2.45) is 0 Å². The van der Waals surface area contributed by atoms with Crippen molar-refractivity contribution < 1.29 is 4.39 Å². The summed E-state index contributed by atoms with van der Waals surface area (Å²) in [4.78, 5) is 18.4. The highest BCUT2D eigenvalue weighted by atomic mass is 19.1. The van der Waals surface area contributed by atoms with E-state index in [1.54, 1.807) is 12.3 Å². The first-order chi connectivity index (χ1) is 15.8. The molecule has 2 heterocycles. The normalized spacial score (nSPS) is 10.8. The van der Waals surface area contributed by atoms with Gasteiger partial charge in [-0.2, -0.15) is 0 Å². The molecule has 4 nitrogen and oxygen atoms in total.